The largest absolute Gasteiger partial charge is 0.507 e. The van der Waals surface area contributed by atoms with Gasteiger partial charge in [0.1, 0.15) is 10.9 Å². The summed E-state index contributed by atoms with van der Waals surface area (Å²) in [6.45, 7) is 0. The second-order valence-electron chi connectivity index (χ2n) is 2.59. The molecule has 0 saturated carbocycles. The van der Waals surface area contributed by atoms with Crippen molar-refractivity contribution in [1.29, 1.82) is 0 Å². The van der Waals surface area contributed by atoms with Crippen LogP contribution in [0.1, 0.15) is 0 Å². The Bertz CT molecular complexity index is 436. The summed E-state index contributed by atoms with van der Waals surface area (Å²) in [5, 5.41) is 14.6. The Morgan fingerprint density at radius 1 is 1.50 bits per heavy atom. The van der Waals surface area contributed by atoms with E-state index in [1.54, 1.807) is 25.2 Å². The first-order valence-corrected chi connectivity index (χ1v) is 3.88. The molecule has 1 heterocycles. The van der Waals surface area contributed by atoms with Gasteiger partial charge in [-0.2, -0.15) is 5.10 Å². The SMILES string of the molecule is Cn1nc2cccc(O)c2c1Cl. The molecule has 0 fully saturated rings. The summed E-state index contributed by atoms with van der Waals surface area (Å²) in [6.07, 6.45) is 0. The van der Waals surface area contributed by atoms with Gasteiger partial charge < -0.3 is 5.11 Å². The Kier molecular flexibility index (Phi) is 1.48. The zero-order valence-corrected chi connectivity index (χ0v) is 7.21. The van der Waals surface area contributed by atoms with Gasteiger partial charge in [-0.1, -0.05) is 17.7 Å². The quantitative estimate of drug-likeness (QED) is 0.676. The predicted octanol–water partition coefficient (Wildman–Crippen LogP) is 1.93. The van der Waals surface area contributed by atoms with Crippen molar-refractivity contribution < 1.29 is 5.11 Å². The minimum atomic E-state index is 0.172. The number of aromatic hydroxyl groups is 1. The van der Waals surface area contributed by atoms with Crippen molar-refractivity contribution in [3.8, 4) is 5.75 Å². The highest BCUT2D eigenvalue weighted by Gasteiger charge is 2.09. The molecule has 1 N–H and O–H groups in total. The zero-order chi connectivity index (χ0) is 8.72. The maximum absolute atomic E-state index is 9.43. The van der Waals surface area contributed by atoms with Gasteiger partial charge in [0.2, 0.25) is 0 Å². The van der Waals surface area contributed by atoms with Crippen molar-refractivity contribution >= 4 is 22.5 Å². The first-order valence-electron chi connectivity index (χ1n) is 3.50. The van der Waals surface area contributed by atoms with E-state index >= 15 is 0 Å². The number of hydrogen-bond donors (Lipinski definition) is 1. The zero-order valence-electron chi connectivity index (χ0n) is 6.45. The fraction of sp³-hybridized carbons (Fsp3) is 0.125. The highest BCUT2D eigenvalue weighted by Crippen LogP contribution is 2.29. The Morgan fingerprint density at radius 3 is 2.92 bits per heavy atom. The number of hydrogen-bond acceptors (Lipinski definition) is 2. The Hall–Kier alpha value is -1.22. The van der Waals surface area contributed by atoms with Crippen LogP contribution in [0.3, 0.4) is 0 Å². The second-order valence-corrected chi connectivity index (χ2v) is 2.94. The van der Waals surface area contributed by atoms with Gasteiger partial charge in [-0.15, -0.1) is 0 Å². The maximum Gasteiger partial charge on any atom is 0.138 e. The topological polar surface area (TPSA) is 38.0 Å². The van der Waals surface area contributed by atoms with Gasteiger partial charge in [-0.25, -0.2) is 0 Å². The Balaban J connectivity index is 2.97. The summed E-state index contributed by atoms with van der Waals surface area (Å²) in [6, 6.07) is 5.14. The van der Waals surface area contributed by atoms with Crippen molar-refractivity contribution in [2.24, 2.45) is 7.05 Å². The molecule has 1 aromatic carbocycles. The summed E-state index contributed by atoms with van der Waals surface area (Å²) in [5.74, 6) is 0.172. The number of halogens is 1. The maximum atomic E-state index is 9.43. The molecule has 0 unspecified atom stereocenters. The van der Waals surface area contributed by atoms with E-state index in [9.17, 15) is 5.11 Å². The molecule has 0 atom stereocenters. The van der Waals surface area contributed by atoms with Crippen LogP contribution in [-0.2, 0) is 7.05 Å². The van der Waals surface area contributed by atoms with Crippen molar-refractivity contribution in [1.82, 2.24) is 9.78 Å². The van der Waals surface area contributed by atoms with E-state index in [-0.39, 0.29) is 5.75 Å². The number of nitrogens with zero attached hydrogens (tertiary/aromatic N) is 2. The van der Waals surface area contributed by atoms with Crippen LogP contribution in [0.2, 0.25) is 5.15 Å². The highest BCUT2D eigenvalue weighted by atomic mass is 35.5. The molecule has 0 aliphatic rings. The molecular formula is C8H7ClN2O. The molecule has 2 aromatic rings. The number of phenolic OH excluding ortho intramolecular Hbond substituents is 1. The standard InChI is InChI=1S/C8H7ClN2O/c1-11-8(9)7-5(10-11)3-2-4-6(7)12/h2-4,12H,1H3. The molecule has 12 heavy (non-hydrogen) atoms. The summed E-state index contributed by atoms with van der Waals surface area (Å²) < 4.78 is 1.53. The van der Waals surface area contributed by atoms with E-state index in [2.05, 4.69) is 5.10 Å². The molecule has 0 spiro atoms. The van der Waals surface area contributed by atoms with Gasteiger partial charge in [-0.05, 0) is 12.1 Å². The van der Waals surface area contributed by atoms with Gasteiger partial charge in [-0.3, -0.25) is 4.68 Å². The molecule has 0 saturated heterocycles. The summed E-state index contributed by atoms with van der Waals surface area (Å²) in [5.41, 5.74) is 0.711. The average Bonchev–Trinajstić information content (AvgIpc) is 2.29. The van der Waals surface area contributed by atoms with Crippen molar-refractivity contribution in [3.05, 3.63) is 23.4 Å². The summed E-state index contributed by atoms with van der Waals surface area (Å²) in [4.78, 5) is 0. The van der Waals surface area contributed by atoms with Gasteiger partial charge in [0.15, 0.2) is 0 Å². The fourth-order valence-electron chi connectivity index (χ4n) is 1.19. The molecule has 2 rings (SSSR count). The monoisotopic (exact) mass is 182 g/mol. The van der Waals surface area contributed by atoms with Crippen LogP contribution < -0.4 is 0 Å². The first-order chi connectivity index (χ1) is 5.70. The lowest BCUT2D eigenvalue weighted by atomic mass is 10.2. The molecule has 0 bridgehead atoms. The van der Waals surface area contributed by atoms with Crippen LogP contribution in [0, 0.1) is 0 Å². The van der Waals surface area contributed by atoms with E-state index in [0.29, 0.717) is 16.1 Å². The lowest BCUT2D eigenvalue weighted by molar-refractivity contribution is 0.481. The third kappa shape index (κ3) is 0.865. The van der Waals surface area contributed by atoms with Crippen molar-refractivity contribution in [2.45, 2.75) is 0 Å². The van der Waals surface area contributed by atoms with Gasteiger partial charge in [0.05, 0.1) is 10.9 Å². The van der Waals surface area contributed by atoms with Crippen molar-refractivity contribution in [2.75, 3.05) is 0 Å². The minimum Gasteiger partial charge on any atom is -0.507 e. The fourth-order valence-corrected chi connectivity index (χ4v) is 1.42. The smallest absolute Gasteiger partial charge is 0.138 e. The van der Waals surface area contributed by atoms with E-state index in [1.807, 2.05) is 0 Å². The third-order valence-corrected chi connectivity index (χ3v) is 2.20. The van der Waals surface area contributed by atoms with Gasteiger partial charge >= 0.3 is 0 Å². The molecular weight excluding hydrogens is 176 g/mol. The van der Waals surface area contributed by atoms with Gasteiger partial charge in [0.25, 0.3) is 0 Å². The third-order valence-electron chi connectivity index (χ3n) is 1.77. The van der Waals surface area contributed by atoms with E-state index in [1.165, 1.54) is 4.68 Å². The first kappa shape index (κ1) is 7.43. The normalized spacial score (nSPS) is 10.8. The highest BCUT2D eigenvalue weighted by molar-refractivity contribution is 6.35. The summed E-state index contributed by atoms with van der Waals surface area (Å²) in [7, 11) is 1.74. The Labute approximate surface area is 74.2 Å². The van der Waals surface area contributed by atoms with Crippen LogP contribution in [0.5, 0.6) is 5.75 Å². The average molecular weight is 183 g/mol. The predicted molar refractivity (Wildman–Crippen MR) is 47.4 cm³/mol. The van der Waals surface area contributed by atoms with Crippen molar-refractivity contribution in [3.63, 3.8) is 0 Å². The number of fused-ring (bicyclic) bond motifs is 1. The van der Waals surface area contributed by atoms with Crippen LogP contribution in [0.15, 0.2) is 18.2 Å². The van der Waals surface area contributed by atoms with Crippen LogP contribution in [-0.4, -0.2) is 14.9 Å². The molecule has 1 aromatic heterocycles. The summed E-state index contributed by atoms with van der Waals surface area (Å²) >= 11 is 5.89. The number of benzene rings is 1. The van der Waals surface area contributed by atoms with Gasteiger partial charge in [0, 0.05) is 7.05 Å². The second kappa shape index (κ2) is 2.38. The van der Waals surface area contributed by atoms with Crippen LogP contribution >= 0.6 is 11.6 Å². The minimum absolute atomic E-state index is 0.172. The lowest BCUT2D eigenvalue weighted by Crippen LogP contribution is -1.87. The lowest BCUT2D eigenvalue weighted by Gasteiger charge is -1.92. The molecule has 0 amide bonds. The molecule has 0 radical (unpaired) electrons. The van der Waals surface area contributed by atoms with Crippen LogP contribution in [0.4, 0.5) is 0 Å². The van der Waals surface area contributed by atoms with E-state index in [0.717, 1.165) is 0 Å². The Morgan fingerprint density at radius 2 is 2.25 bits per heavy atom. The number of phenols is 1. The number of aryl methyl sites for hydroxylation is 1. The molecule has 0 aliphatic carbocycles. The number of rotatable bonds is 0. The van der Waals surface area contributed by atoms with E-state index < -0.39 is 0 Å². The molecule has 4 heteroatoms. The number of aromatic nitrogens is 2. The van der Waals surface area contributed by atoms with E-state index in [4.69, 9.17) is 11.6 Å². The molecule has 62 valence electrons. The molecule has 0 aliphatic heterocycles. The van der Waals surface area contributed by atoms with Crippen LogP contribution in [0.25, 0.3) is 10.9 Å². The molecule has 3 nitrogen and oxygen atoms in total.